The smallest absolute Gasteiger partial charge is 0.162 e. The van der Waals surface area contributed by atoms with Crippen molar-refractivity contribution in [2.24, 2.45) is 0 Å². The Balaban J connectivity index is 2.91. The molecule has 1 heterocycles. The maximum Gasteiger partial charge on any atom is 0.162 e. The van der Waals surface area contributed by atoms with Gasteiger partial charge in [0.2, 0.25) is 0 Å². The largest absolute Gasteiger partial charge is 0.506 e. The molecule has 1 N–H and O–H groups in total. The van der Waals surface area contributed by atoms with E-state index in [0.29, 0.717) is 10.4 Å². The van der Waals surface area contributed by atoms with Crippen molar-refractivity contribution < 1.29 is 5.11 Å². The lowest BCUT2D eigenvalue weighted by molar-refractivity contribution is 0.482. The van der Waals surface area contributed by atoms with E-state index in [-0.39, 0.29) is 5.75 Å². The first-order chi connectivity index (χ1) is 5.83. The Labute approximate surface area is 72.7 Å². The zero-order valence-corrected chi connectivity index (χ0v) is 6.80. The standard InChI is InChI=1S/C8H4N2OS/c9-4-6-5-2-1-3-7(11)8(5)12-10-6/h1-3,11H. The number of aromatic hydroxyl groups is 1. The predicted octanol–water partition coefficient (Wildman–Crippen LogP) is 1.87. The van der Waals surface area contributed by atoms with E-state index in [2.05, 4.69) is 4.37 Å². The van der Waals surface area contributed by atoms with E-state index in [1.807, 2.05) is 6.07 Å². The highest BCUT2D eigenvalue weighted by atomic mass is 32.1. The first-order valence-corrected chi connectivity index (χ1v) is 4.07. The molecule has 2 rings (SSSR count). The van der Waals surface area contributed by atoms with Crippen LogP contribution in [0.5, 0.6) is 5.75 Å². The van der Waals surface area contributed by atoms with Crippen LogP contribution in [0.25, 0.3) is 10.1 Å². The fourth-order valence-electron chi connectivity index (χ4n) is 1.03. The van der Waals surface area contributed by atoms with Gasteiger partial charge in [0.15, 0.2) is 5.69 Å². The number of rotatable bonds is 0. The summed E-state index contributed by atoms with van der Waals surface area (Å²) >= 11 is 1.14. The molecular weight excluding hydrogens is 172 g/mol. The highest BCUT2D eigenvalue weighted by molar-refractivity contribution is 7.13. The molecule has 0 saturated carbocycles. The van der Waals surface area contributed by atoms with Gasteiger partial charge in [-0.1, -0.05) is 12.1 Å². The van der Waals surface area contributed by atoms with E-state index < -0.39 is 0 Å². The van der Waals surface area contributed by atoms with Crippen molar-refractivity contribution in [3.05, 3.63) is 23.9 Å². The van der Waals surface area contributed by atoms with Crippen LogP contribution < -0.4 is 0 Å². The van der Waals surface area contributed by atoms with Gasteiger partial charge in [-0.25, -0.2) is 0 Å². The van der Waals surface area contributed by atoms with Crippen LogP contribution in [-0.4, -0.2) is 9.48 Å². The van der Waals surface area contributed by atoms with E-state index in [0.717, 1.165) is 16.9 Å². The molecule has 0 amide bonds. The zero-order chi connectivity index (χ0) is 8.55. The van der Waals surface area contributed by atoms with Gasteiger partial charge in [0.1, 0.15) is 11.8 Å². The molecule has 0 radical (unpaired) electrons. The lowest BCUT2D eigenvalue weighted by Gasteiger charge is -1.90. The fourth-order valence-corrected chi connectivity index (χ4v) is 1.77. The van der Waals surface area contributed by atoms with Crippen LogP contribution in [-0.2, 0) is 0 Å². The molecule has 12 heavy (non-hydrogen) atoms. The average Bonchev–Trinajstić information content (AvgIpc) is 2.49. The topological polar surface area (TPSA) is 56.9 Å². The molecule has 58 valence electrons. The van der Waals surface area contributed by atoms with Crippen LogP contribution >= 0.6 is 11.5 Å². The van der Waals surface area contributed by atoms with Crippen LogP contribution in [0.2, 0.25) is 0 Å². The van der Waals surface area contributed by atoms with Gasteiger partial charge >= 0.3 is 0 Å². The number of aromatic nitrogens is 1. The van der Waals surface area contributed by atoms with Crippen LogP contribution in [0.1, 0.15) is 5.69 Å². The second-order valence-corrected chi connectivity index (χ2v) is 3.07. The van der Waals surface area contributed by atoms with Crippen molar-refractivity contribution in [1.82, 2.24) is 4.37 Å². The molecular formula is C8H4N2OS. The van der Waals surface area contributed by atoms with Crippen molar-refractivity contribution >= 4 is 21.6 Å². The number of phenols is 1. The summed E-state index contributed by atoms with van der Waals surface area (Å²) in [6.07, 6.45) is 0. The highest BCUT2D eigenvalue weighted by Crippen LogP contribution is 2.29. The first-order valence-electron chi connectivity index (χ1n) is 3.30. The van der Waals surface area contributed by atoms with E-state index in [9.17, 15) is 5.11 Å². The first kappa shape index (κ1) is 7.07. The molecule has 1 aromatic carbocycles. The summed E-state index contributed by atoms with van der Waals surface area (Å²) in [6, 6.07) is 7.03. The van der Waals surface area contributed by atoms with Gasteiger partial charge in [0, 0.05) is 5.39 Å². The molecule has 0 unspecified atom stereocenters. The maximum atomic E-state index is 9.34. The molecule has 0 spiro atoms. The van der Waals surface area contributed by atoms with E-state index >= 15 is 0 Å². The third-order valence-corrected chi connectivity index (χ3v) is 2.47. The Kier molecular flexibility index (Phi) is 1.45. The normalized spacial score (nSPS) is 9.92. The third-order valence-electron chi connectivity index (χ3n) is 1.58. The molecule has 0 aliphatic carbocycles. The van der Waals surface area contributed by atoms with E-state index in [1.54, 1.807) is 18.2 Å². The molecule has 0 aliphatic heterocycles. The average molecular weight is 176 g/mol. The third kappa shape index (κ3) is 0.840. The summed E-state index contributed by atoms with van der Waals surface area (Å²) in [7, 11) is 0. The number of nitriles is 1. The summed E-state index contributed by atoms with van der Waals surface area (Å²) in [4.78, 5) is 0. The number of hydrogen-bond acceptors (Lipinski definition) is 4. The summed E-state index contributed by atoms with van der Waals surface area (Å²) in [5.74, 6) is 0.187. The maximum absolute atomic E-state index is 9.34. The second-order valence-electron chi connectivity index (χ2n) is 2.30. The Bertz CT molecular complexity index is 469. The fraction of sp³-hybridized carbons (Fsp3) is 0. The SMILES string of the molecule is N#Cc1nsc2c(O)cccc12. The summed E-state index contributed by atoms with van der Waals surface area (Å²) in [5, 5.41) is 18.7. The Morgan fingerprint density at radius 3 is 3.08 bits per heavy atom. The van der Waals surface area contributed by atoms with Gasteiger partial charge in [0.05, 0.1) is 4.70 Å². The van der Waals surface area contributed by atoms with Gasteiger partial charge in [-0.3, -0.25) is 0 Å². The summed E-state index contributed by atoms with van der Waals surface area (Å²) < 4.78 is 4.57. The van der Waals surface area contributed by atoms with Crippen LogP contribution in [0.3, 0.4) is 0 Å². The lowest BCUT2D eigenvalue weighted by atomic mass is 10.2. The van der Waals surface area contributed by atoms with Crippen LogP contribution in [0, 0.1) is 11.3 Å². The Morgan fingerprint density at radius 2 is 2.33 bits per heavy atom. The summed E-state index contributed by atoms with van der Waals surface area (Å²) in [6.45, 7) is 0. The van der Waals surface area contributed by atoms with Crippen molar-refractivity contribution in [2.45, 2.75) is 0 Å². The minimum Gasteiger partial charge on any atom is -0.506 e. The van der Waals surface area contributed by atoms with Crippen LogP contribution in [0.15, 0.2) is 18.2 Å². The Hall–Kier alpha value is -1.60. The number of nitrogens with zero attached hydrogens (tertiary/aromatic N) is 2. The van der Waals surface area contributed by atoms with Crippen molar-refractivity contribution in [3.63, 3.8) is 0 Å². The molecule has 0 aliphatic rings. The molecule has 0 fully saturated rings. The number of phenolic OH excluding ortho intramolecular Hbond substituents is 1. The van der Waals surface area contributed by atoms with Crippen molar-refractivity contribution in [3.8, 4) is 11.8 Å². The van der Waals surface area contributed by atoms with Crippen molar-refractivity contribution in [1.29, 1.82) is 5.26 Å². The minimum atomic E-state index is 0.187. The highest BCUT2D eigenvalue weighted by Gasteiger charge is 2.07. The Morgan fingerprint density at radius 1 is 1.50 bits per heavy atom. The number of fused-ring (bicyclic) bond motifs is 1. The van der Waals surface area contributed by atoms with Gasteiger partial charge in [-0.05, 0) is 17.6 Å². The summed E-state index contributed by atoms with van der Waals surface area (Å²) in [5.41, 5.74) is 0.380. The van der Waals surface area contributed by atoms with Crippen molar-refractivity contribution in [2.75, 3.05) is 0 Å². The van der Waals surface area contributed by atoms with Gasteiger partial charge in [-0.15, -0.1) is 0 Å². The zero-order valence-electron chi connectivity index (χ0n) is 5.98. The van der Waals surface area contributed by atoms with Gasteiger partial charge in [-0.2, -0.15) is 9.64 Å². The molecule has 4 heteroatoms. The number of benzene rings is 1. The minimum absolute atomic E-state index is 0.187. The van der Waals surface area contributed by atoms with E-state index in [1.165, 1.54) is 0 Å². The van der Waals surface area contributed by atoms with Gasteiger partial charge in [0.25, 0.3) is 0 Å². The predicted molar refractivity (Wildman–Crippen MR) is 46.0 cm³/mol. The monoisotopic (exact) mass is 176 g/mol. The molecule has 1 aromatic heterocycles. The molecule has 2 aromatic rings. The molecule has 0 bridgehead atoms. The van der Waals surface area contributed by atoms with E-state index in [4.69, 9.17) is 5.26 Å². The number of hydrogen-bond donors (Lipinski definition) is 1. The van der Waals surface area contributed by atoms with Gasteiger partial charge < -0.3 is 5.11 Å². The molecule has 0 atom stereocenters. The molecule has 0 saturated heterocycles. The van der Waals surface area contributed by atoms with Crippen LogP contribution in [0.4, 0.5) is 0 Å². The molecule has 3 nitrogen and oxygen atoms in total. The quantitative estimate of drug-likeness (QED) is 0.666. The lowest BCUT2D eigenvalue weighted by Crippen LogP contribution is -1.71. The second kappa shape index (κ2) is 2.47.